The van der Waals surface area contributed by atoms with E-state index in [1.807, 2.05) is 36.0 Å². The Balaban J connectivity index is 2.37. The highest BCUT2D eigenvalue weighted by molar-refractivity contribution is 7.09. The molecule has 1 aromatic carbocycles. The quantitative estimate of drug-likeness (QED) is 0.724. The first kappa shape index (κ1) is 14.1. The zero-order valence-corrected chi connectivity index (χ0v) is 12.7. The average molecular weight is 321 g/mol. The third kappa shape index (κ3) is 3.00. The Bertz CT molecular complexity index is 495. The van der Waals surface area contributed by atoms with Crippen molar-refractivity contribution < 1.29 is 0 Å². The van der Waals surface area contributed by atoms with E-state index in [0.29, 0.717) is 16.8 Å². The molecule has 0 atom stereocenters. The third-order valence-electron chi connectivity index (χ3n) is 2.94. The summed E-state index contributed by atoms with van der Waals surface area (Å²) in [5.41, 5.74) is 2.61. The Kier molecular flexibility index (Phi) is 4.91. The molecule has 0 fully saturated rings. The first-order valence-electron chi connectivity index (χ1n) is 5.45. The van der Waals surface area contributed by atoms with Gasteiger partial charge in [-0.1, -0.05) is 23.7 Å². The second-order valence-electron chi connectivity index (χ2n) is 4.20. The van der Waals surface area contributed by atoms with Gasteiger partial charge in [0.15, 0.2) is 0 Å². The van der Waals surface area contributed by atoms with Gasteiger partial charge in [0.1, 0.15) is 0 Å². The Labute approximate surface area is 126 Å². The van der Waals surface area contributed by atoms with Gasteiger partial charge in [-0.15, -0.1) is 34.5 Å². The fourth-order valence-corrected chi connectivity index (χ4v) is 3.58. The van der Waals surface area contributed by atoms with Gasteiger partial charge in [0.25, 0.3) is 0 Å². The van der Waals surface area contributed by atoms with E-state index in [1.165, 1.54) is 4.88 Å². The van der Waals surface area contributed by atoms with Crippen molar-refractivity contribution in [3.8, 4) is 0 Å². The molecule has 0 bridgehead atoms. The Morgan fingerprint density at radius 2 is 2.00 bits per heavy atom. The van der Waals surface area contributed by atoms with E-state index in [-0.39, 0.29) is 5.41 Å². The number of thiazole rings is 1. The predicted octanol–water partition coefficient (Wildman–Crippen LogP) is 4.75. The second-order valence-corrected chi connectivity index (χ2v) is 6.14. The molecule has 0 spiro atoms. The highest BCUT2D eigenvalue weighted by atomic mass is 35.5. The molecule has 96 valence electrons. The first-order chi connectivity index (χ1) is 8.70. The number of hydrogen-bond acceptors (Lipinski definition) is 2. The largest absolute Gasteiger partial charge is 0.253 e. The van der Waals surface area contributed by atoms with E-state index in [0.717, 1.165) is 12.0 Å². The van der Waals surface area contributed by atoms with Crippen LogP contribution >= 0.6 is 46.1 Å². The van der Waals surface area contributed by atoms with E-state index < -0.39 is 0 Å². The van der Waals surface area contributed by atoms with Crippen molar-refractivity contribution in [1.29, 1.82) is 0 Å². The molecule has 0 saturated heterocycles. The molecule has 0 amide bonds. The summed E-state index contributed by atoms with van der Waals surface area (Å²) in [7, 11) is 0. The lowest BCUT2D eigenvalue weighted by Gasteiger charge is -2.29. The Hall–Kier alpha value is -0.280. The van der Waals surface area contributed by atoms with Crippen molar-refractivity contribution in [2.24, 2.45) is 0 Å². The van der Waals surface area contributed by atoms with Crippen LogP contribution in [0.15, 0.2) is 36.0 Å². The summed E-state index contributed by atoms with van der Waals surface area (Å²) >= 11 is 20.0. The van der Waals surface area contributed by atoms with Crippen LogP contribution < -0.4 is 0 Å². The van der Waals surface area contributed by atoms with Gasteiger partial charge in [-0.2, -0.15) is 0 Å². The van der Waals surface area contributed by atoms with Crippen LogP contribution in [0.4, 0.5) is 0 Å². The molecule has 0 N–H and O–H groups in total. The van der Waals surface area contributed by atoms with Crippen molar-refractivity contribution in [1.82, 2.24) is 4.98 Å². The lowest BCUT2D eigenvalue weighted by atomic mass is 9.81. The fraction of sp³-hybridized carbons (Fsp3) is 0.308. The molecular weight excluding hydrogens is 309 g/mol. The van der Waals surface area contributed by atoms with E-state index in [1.54, 1.807) is 11.3 Å². The minimum absolute atomic E-state index is 0.291. The number of aromatic nitrogens is 1. The molecule has 0 aliphatic heterocycles. The van der Waals surface area contributed by atoms with Crippen LogP contribution in [0.2, 0.25) is 5.02 Å². The molecule has 5 heteroatoms. The summed E-state index contributed by atoms with van der Waals surface area (Å²) in [5.74, 6) is 0.906. The predicted molar refractivity (Wildman–Crippen MR) is 80.4 cm³/mol. The smallest absolute Gasteiger partial charge is 0.0794 e. The van der Waals surface area contributed by atoms with E-state index in [2.05, 4.69) is 4.98 Å². The zero-order chi connectivity index (χ0) is 13.0. The van der Waals surface area contributed by atoms with Crippen LogP contribution in [0.3, 0.4) is 0 Å². The number of alkyl halides is 2. The van der Waals surface area contributed by atoms with Gasteiger partial charge in [0, 0.05) is 33.3 Å². The molecule has 0 unspecified atom stereocenters. The normalized spacial score (nSPS) is 11.7. The number of benzene rings is 1. The summed E-state index contributed by atoms with van der Waals surface area (Å²) in [6, 6.07) is 7.74. The number of hydrogen-bond donors (Lipinski definition) is 0. The van der Waals surface area contributed by atoms with Crippen LogP contribution in [0.1, 0.15) is 10.4 Å². The molecule has 0 aliphatic carbocycles. The number of halogens is 3. The summed E-state index contributed by atoms with van der Waals surface area (Å²) < 4.78 is 0. The van der Waals surface area contributed by atoms with Crippen molar-refractivity contribution in [2.45, 2.75) is 11.8 Å². The van der Waals surface area contributed by atoms with Gasteiger partial charge in [-0.05, 0) is 24.1 Å². The molecule has 0 radical (unpaired) electrons. The van der Waals surface area contributed by atoms with Gasteiger partial charge in [-0.25, -0.2) is 0 Å². The maximum atomic E-state index is 6.18. The zero-order valence-electron chi connectivity index (χ0n) is 9.57. The topological polar surface area (TPSA) is 12.9 Å². The molecule has 0 aliphatic rings. The molecule has 2 rings (SSSR count). The summed E-state index contributed by atoms with van der Waals surface area (Å²) in [6.45, 7) is 0. The van der Waals surface area contributed by atoms with Crippen LogP contribution in [-0.2, 0) is 11.8 Å². The maximum Gasteiger partial charge on any atom is 0.0794 e. The monoisotopic (exact) mass is 319 g/mol. The van der Waals surface area contributed by atoms with Crippen molar-refractivity contribution in [3.63, 3.8) is 0 Å². The molecule has 1 aromatic heterocycles. The van der Waals surface area contributed by atoms with Crippen molar-refractivity contribution in [2.75, 3.05) is 11.8 Å². The minimum Gasteiger partial charge on any atom is -0.253 e. The van der Waals surface area contributed by atoms with Crippen molar-refractivity contribution >= 4 is 46.1 Å². The van der Waals surface area contributed by atoms with E-state index >= 15 is 0 Å². The highest BCUT2D eigenvalue weighted by Crippen LogP contribution is 2.33. The fourth-order valence-electron chi connectivity index (χ4n) is 1.87. The van der Waals surface area contributed by atoms with E-state index in [4.69, 9.17) is 34.8 Å². The lowest BCUT2D eigenvalue weighted by molar-refractivity contribution is 0.540. The van der Waals surface area contributed by atoms with Crippen molar-refractivity contribution in [3.05, 3.63) is 51.4 Å². The summed E-state index contributed by atoms with van der Waals surface area (Å²) in [5, 5.41) is 0.705. The molecule has 1 heterocycles. The lowest BCUT2D eigenvalue weighted by Crippen LogP contribution is -2.33. The van der Waals surface area contributed by atoms with Gasteiger partial charge >= 0.3 is 0 Å². The molecule has 2 aromatic rings. The molecule has 0 saturated carbocycles. The van der Waals surface area contributed by atoms with Gasteiger partial charge in [-0.3, -0.25) is 4.98 Å². The highest BCUT2D eigenvalue weighted by Gasteiger charge is 2.31. The molecule has 18 heavy (non-hydrogen) atoms. The Morgan fingerprint density at radius 3 is 2.56 bits per heavy atom. The van der Waals surface area contributed by atoms with Gasteiger partial charge in [0.2, 0.25) is 0 Å². The molecule has 1 nitrogen and oxygen atoms in total. The average Bonchev–Trinajstić information content (AvgIpc) is 2.89. The van der Waals surface area contributed by atoms with E-state index in [9.17, 15) is 0 Å². The SMILES string of the molecule is ClCC(CCl)(Cc1cncs1)c1cccc(Cl)c1. The van der Waals surface area contributed by atoms with Crippen LogP contribution in [0.25, 0.3) is 0 Å². The van der Waals surface area contributed by atoms with Crippen LogP contribution in [0, 0.1) is 0 Å². The second kappa shape index (κ2) is 6.25. The van der Waals surface area contributed by atoms with Crippen LogP contribution in [-0.4, -0.2) is 16.7 Å². The van der Waals surface area contributed by atoms with Gasteiger partial charge < -0.3 is 0 Å². The molecular formula is C13H12Cl3NS. The summed E-state index contributed by atoms with van der Waals surface area (Å²) in [6.07, 6.45) is 2.65. The Morgan fingerprint density at radius 1 is 1.22 bits per heavy atom. The minimum atomic E-state index is -0.291. The standard InChI is InChI=1S/C13H12Cl3NS/c14-7-13(8-15,5-12-6-17-9-18-12)10-2-1-3-11(16)4-10/h1-4,6,9H,5,7-8H2. The first-order valence-corrected chi connectivity index (χ1v) is 7.78. The number of nitrogens with zero attached hydrogens (tertiary/aromatic N) is 1. The van der Waals surface area contributed by atoms with Gasteiger partial charge in [0.05, 0.1) is 5.51 Å². The maximum absolute atomic E-state index is 6.18. The summed E-state index contributed by atoms with van der Waals surface area (Å²) in [4.78, 5) is 5.27. The number of rotatable bonds is 5. The van der Waals surface area contributed by atoms with Crippen LogP contribution in [0.5, 0.6) is 0 Å². The third-order valence-corrected chi connectivity index (χ3v) is 4.98.